The molecule has 1 aliphatic heterocycles. The van der Waals surface area contributed by atoms with Crippen molar-refractivity contribution in [1.29, 1.82) is 0 Å². The lowest BCUT2D eigenvalue weighted by molar-refractivity contribution is -0.135. The lowest BCUT2D eigenvalue weighted by Crippen LogP contribution is -2.51. The Bertz CT molecular complexity index is 933. The van der Waals surface area contributed by atoms with Gasteiger partial charge < -0.3 is 14.8 Å². The second-order valence-electron chi connectivity index (χ2n) is 6.62. The van der Waals surface area contributed by atoms with E-state index in [1.165, 1.54) is 23.4 Å². The highest BCUT2D eigenvalue weighted by Gasteiger charge is 2.31. The number of benzene rings is 1. The van der Waals surface area contributed by atoms with E-state index < -0.39 is 10.0 Å². The van der Waals surface area contributed by atoms with Crippen LogP contribution in [0, 0.1) is 0 Å². The first-order chi connectivity index (χ1) is 13.3. The zero-order valence-electron chi connectivity index (χ0n) is 15.8. The summed E-state index contributed by atoms with van der Waals surface area (Å²) in [6, 6.07) is 5.67. The molecule has 1 aromatic carbocycles. The molecular formula is C18H23N5O4S. The summed E-state index contributed by atoms with van der Waals surface area (Å²) in [5, 5.41) is 2.61. The fourth-order valence-electron chi connectivity index (χ4n) is 3.10. The molecule has 1 aliphatic rings. The molecule has 1 fully saturated rings. The maximum Gasteiger partial charge on any atom is 0.245 e. The van der Waals surface area contributed by atoms with Gasteiger partial charge in [-0.05, 0) is 31.2 Å². The number of anilines is 1. The van der Waals surface area contributed by atoms with Crippen LogP contribution < -0.4 is 5.32 Å². The molecule has 1 N–H and O–H groups in total. The predicted octanol–water partition coefficient (Wildman–Crippen LogP) is 0.936. The number of piperazine rings is 1. The molecule has 0 unspecified atom stereocenters. The molecule has 0 spiro atoms. The van der Waals surface area contributed by atoms with Crippen LogP contribution >= 0.6 is 0 Å². The normalized spacial score (nSPS) is 16.6. The molecule has 1 aromatic heterocycles. The van der Waals surface area contributed by atoms with E-state index in [2.05, 4.69) is 10.3 Å². The minimum absolute atomic E-state index is 0.0605. The first kappa shape index (κ1) is 20.0. The zero-order valence-corrected chi connectivity index (χ0v) is 16.6. The van der Waals surface area contributed by atoms with Crippen LogP contribution in [-0.4, -0.2) is 65.2 Å². The monoisotopic (exact) mass is 405 g/mol. The Labute approximate surface area is 164 Å². The molecule has 10 heteroatoms. The van der Waals surface area contributed by atoms with Crippen molar-refractivity contribution in [2.75, 3.05) is 31.5 Å². The number of carbonyl (C=O) groups is 2. The highest BCUT2D eigenvalue weighted by molar-refractivity contribution is 7.89. The number of hydrogen-bond donors (Lipinski definition) is 1. The maximum absolute atomic E-state index is 12.8. The number of rotatable bonds is 5. The molecule has 0 radical (unpaired) electrons. The minimum Gasteiger partial charge on any atom is -0.338 e. The van der Waals surface area contributed by atoms with Gasteiger partial charge in [0, 0.05) is 51.2 Å². The van der Waals surface area contributed by atoms with E-state index in [1.54, 1.807) is 47.2 Å². The maximum atomic E-state index is 12.8. The molecule has 1 atom stereocenters. The van der Waals surface area contributed by atoms with Gasteiger partial charge in [-0.15, -0.1) is 0 Å². The van der Waals surface area contributed by atoms with Crippen LogP contribution in [0.15, 0.2) is 47.9 Å². The Kier molecular flexibility index (Phi) is 5.80. The number of imidazole rings is 1. The van der Waals surface area contributed by atoms with Gasteiger partial charge in [0.05, 0.1) is 11.2 Å². The van der Waals surface area contributed by atoms with Crippen molar-refractivity contribution < 1.29 is 18.0 Å². The number of sulfonamides is 1. The van der Waals surface area contributed by atoms with Crippen LogP contribution in [0.5, 0.6) is 0 Å². The SMILES string of the molecule is CC(=O)Nc1ccc(S(=O)(=O)N2CCN(C(=O)[C@H](C)n3ccnc3)CC2)cc1. The van der Waals surface area contributed by atoms with Crippen molar-refractivity contribution in [3.63, 3.8) is 0 Å². The van der Waals surface area contributed by atoms with Crippen molar-refractivity contribution in [2.45, 2.75) is 24.8 Å². The second-order valence-corrected chi connectivity index (χ2v) is 8.56. The molecule has 3 rings (SSSR count). The van der Waals surface area contributed by atoms with Crippen LogP contribution in [0.25, 0.3) is 0 Å². The standard InChI is InChI=1S/C18H23N5O4S/c1-14(22-8-7-19-13-22)18(25)21-9-11-23(12-10-21)28(26,27)17-5-3-16(4-6-17)20-15(2)24/h3-8,13-14H,9-12H2,1-2H3,(H,20,24)/t14-/m0/s1. The molecule has 2 amide bonds. The van der Waals surface area contributed by atoms with Gasteiger partial charge in [-0.2, -0.15) is 4.31 Å². The van der Waals surface area contributed by atoms with Crippen LogP contribution in [0.1, 0.15) is 19.9 Å². The van der Waals surface area contributed by atoms with Crippen molar-refractivity contribution in [3.05, 3.63) is 43.0 Å². The lowest BCUT2D eigenvalue weighted by Gasteiger charge is -2.35. The summed E-state index contributed by atoms with van der Waals surface area (Å²) in [5.41, 5.74) is 0.537. The Hall–Kier alpha value is -2.72. The molecule has 0 aliphatic carbocycles. The average molecular weight is 405 g/mol. The topological polar surface area (TPSA) is 105 Å². The van der Waals surface area contributed by atoms with Gasteiger partial charge in [-0.3, -0.25) is 9.59 Å². The first-order valence-corrected chi connectivity index (χ1v) is 10.4. The average Bonchev–Trinajstić information content (AvgIpc) is 3.21. The van der Waals surface area contributed by atoms with E-state index in [0.29, 0.717) is 18.8 Å². The lowest BCUT2D eigenvalue weighted by atomic mass is 10.2. The summed E-state index contributed by atoms with van der Waals surface area (Å²) >= 11 is 0. The molecule has 28 heavy (non-hydrogen) atoms. The molecule has 2 aromatic rings. The summed E-state index contributed by atoms with van der Waals surface area (Å²) in [4.78, 5) is 29.5. The quantitative estimate of drug-likeness (QED) is 0.797. The minimum atomic E-state index is -3.65. The fourth-order valence-corrected chi connectivity index (χ4v) is 4.52. The third-order valence-corrected chi connectivity index (χ3v) is 6.61. The van der Waals surface area contributed by atoms with Crippen LogP contribution in [0.2, 0.25) is 0 Å². The fraction of sp³-hybridized carbons (Fsp3) is 0.389. The Morgan fingerprint density at radius 2 is 1.75 bits per heavy atom. The number of nitrogens with one attached hydrogen (secondary N) is 1. The highest BCUT2D eigenvalue weighted by Crippen LogP contribution is 2.21. The molecule has 9 nitrogen and oxygen atoms in total. The van der Waals surface area contributed by atoms with Gasteiger partial charge in [0.15, 0.2) is 0 Å². The number of aromatic nitrogens is 2. The molecule has 0 bridgehead atoms. The summed E-state index contributed by atoms with van der Waals surface area (Å²) in [6.07, 6.45) is 4.94. The summed E-state index contributed by atoms with van der Waals surface area (Å²) < 4.78 is 28.8. The van der Waals surface area contributed by atoms with Gasteiger partial charge in [-0.1, -0.05) is 0 Å². The highest BCUT2D eigenvalue weighted by atomic mass is 32.2. The van der Waals surface area contributed by atoms with Crippen molar-refractivity contribution in [2.24, 2.45) is 0 Å². The Morgan fingerprint density at radius 3 is 2.29 bits per heavy atom. The summed E-state index contributed by atoms with van der Waals surface area (Å²) in [7, 11) is -3.65. The van der Waals surface area contributed by atoms with Gasteiger partial charge in [-0.25, -0.2) is 13.4 Å². The van der Waals surface area contributed by atoms with Crippen LogP contribution in [0.4, 0.5) is 5.69 Å². The summed E-state index contributed by atoms with van der Waals surface area (Å²) in [6.45, 7) is 4.32. The Morgan fingerprint density at radius 1 is 1.11 bits per heavy atom. The predicted molar refractivity (Wildman–Crippen MR) is 103 cm³/mol. The molecular weight excluding hydrogens is 382 g/mol. The first-order valence-electron chi connectivity index (χ1n) is 8.93. The second kappa shape index (κ2) is 8.11. The smallest absolute Gasteiger partial charge is 0.245 e. The largest absolute Gasteiger partial charge is 0.338 e. The molecule has 2 heterocycles. The Balaban J connectivity index is 1.63. The van der Waals surface area contributed by atoms with Crippen molar-refractivity contribution >= 4 is 27.5 Å². The third-order valence-electron chi connectivity index (χ3n) is 4.69. The number of carbonyl (C=O) groups excluding carboxylic acids is 2. The van der Waals surface area contributed by atoms with E-state index in [1.807, 2.05) is 0 Å². The van der Waals surface area contributed by atoms with E-state index in [0.717, 1.165) is 0 Å². The molecule has 1 saturated heterocycles. The van der Waals surface area contributed by atoms with E-state index in [4.69, 9.17) is 0 Å². The molecule has 150 valence electrons. The van der Waals surface area contributed by atoms with Crippen LogP contribution in [0.3, 0.4) is 0 Å². The van der Waals surface area contributed by atoms with E-state index in [9.17, 15) is 18.0 Å². The van der Waals surface area contributed by atoms with E-state index in [-0.39, 0.29) is 35.8 Å². The van der Waals surface area contributed by atoms with Gasteiger partial charge in [0.25, 0.3) is 0 Å². The van der Waals surface area contributed by atoms with E-state index >= 15 is 0 Å². The molecule has 0 saturated carbocycles. The third kappa shape index (κ3) is 4.23. The van der Waals surface area contributed by atoms with Crippen molar-refractivity contribution in [1.82, 2.24) is 18.8 Å². The number of hydrogen-bond acceptors (Lipinski definition) is 5. The zero-order chi connectivity index (χ0) is 20.3. The van der Waals surface area contributed by atoms with Crippen molar-refractivity contribution in [3.8, 4) is 0 Å². The van der Waals surface area contributed by atoms with Gasteiger partial charge in [0.1, 0.15) is 6.04 Å². The summed E-state index contributed by atoms with van der Waals surface area (Å²) in [5.74, 6) is -0.281. The van der Waals surface area contributed by atoms with Gasteiger partial charge >= 0.3 is 0 Å². The van der Waals surface area contributed by atoms with Crippen LogP contribution in [-0.2, 0) is 19.6 Å². The number of nitrogens with zero attached hydrogens (tertiary/aromatic N) is 4. The van der Waals surface area contributed by atoms with Gasteiger partial charge in [0.2, 0.25) is 21.8 Å². The number of amides is 2.